The lowest BCUT2D eigenvalue weighted by atomic mass is 10.0. The number of aromatic nitrogens is 2. The number of benzene rings is 1. The van der Waals surface area contributed by atoms with Crippen LogP contribution in [0.15, 0.2) is 35.1 Å². The summed E-state index contributed by atoms with van der Waals surface area (Å²) in [5.74, 6) is -1.21. The molecule has 4 rings (SSSR count). The summed E-state index contributed by atoms with van der Waals surface area (Å²) >= 11 is 0. The molecule has 1 saturated heterocycles. The molecule has 4 N–H and O–H groups in total. The van der Waals surface area contributed by atoms with E-state index in [2.05, 4.69) is 39.4 Å². The van der Waals surface area contributed by atoms with Gasteiger partial charge < -0.3 is 25.3 Å². The van der Waals surface area contributed by atoms with Crippen molar-refractivity contribution in [3.05, 3.63) is 57.5 Å². The normalized spacial score (nSPS) is 16.0. The molecule has 7 nitrogen and oxygen atoms in total. The molecule has 3 heterocycles. The molecule has 30 heavy (non-hydrogen) atoms. The van der Waals surface area contributed by atoms with Gasteiger partial charge >= 0.3 is 5.97 Å². The first-order chi connectivity index (χ1) is 13.5. The maximum absolute atomic E-state index is 12.2. The largest absolute Gasteiger partial charge is 0.477 e. The predicted molar refractivity (Wildman–Crippen MR) is 123 cm³/mol. The Balaban J connectivity index is 0.00000160. The fourth-order valence-electron chi connectivity index (χ4n) is 3.99. The van der Waals surface area contributed by atoms with Gasteiger partial charge in [0.05, 0.1) is 11.7 Å². The van der Waals surface area contributed by atoms with E-state index in [1.54, 1.807) is 0 Å². The van der Waals surface area contributed by atoms with Gasteiger partial charge in [-0.05, 0) is 41.8 Å². The summed E-state index contributed by atoms with van der Waals surface area (Å²) in [6.07, 6.45) is 0.627. The number of pyridine rings is 1. The molecule has 162 valence electrons. The molecule has 9 heteroatoms. The number of rotatable bonds is 4. The van der Waals surface area contributed by atoms with Gasteiger partial charge in [0.2, 0.25) is 0 Å². The first kappa shape index (κ1) is 24.0. The number of carboxylic acids is 1. The molecule has 0 aliphatic carbocycles. The number of piperazine rings is 1. The van der Waals surface area contributed by atoms with Crippen LogP contribution >= 0.6 is 24.8 Å². The van der Waals surface area contributed by atoms with Crippen LogP contribution in [0.1, 0.15) is 34.6 Å². The predicted octanol–water partition coefficient (Wildman–Crippen LogP) is 2.87. The van der Waals surface area contributed by atoms with E-state index in [4.69, 9.17) is 0 Å². The van der Waals surface area contributed by atoms with Crippen molar-refractivity contribution in [3.8, 4) is 11.3 Å². The minimum absolute atomic E-state index is 0. The number of aromatic amines is 1. The maximum atomic E-state index is 12.2. The van der Waals surface area contributed by atoms with Crippen LogP contribution in [-0.2, 0) is 13.5 Å². The van der Waals surface area contributed by atoms with E-state index in [1.807, 2.05) is 19.1 Å². The molecule has 2 aromatic heterocycles. The zero-order valence-corrected chi connectivity index (χ0v) is 18.5. The van der Waals surface area contributed by atoms with E-state index in [1.165, 1.54) is 11.8 Å². The van der Waals surface area contributed by atoms with Gasteiger partial charge in [0.1, 0.15) is 5.56 Å². The van der Waals surface area contributed by atoms with Crippen LogP contribution in [0.25, 0.3) is 22.2 Å². The lowest BCUT2D eigenvalue weighted by Gasteiger charge is -2.25. The second-order valence-electron chi connectivity index (χ2n) is 7.18. The van der Waals surface area contributed by atoms with E-state index in [0.29, 0.717) is 12.1 Å². The number of carbonyl (C=O) groups is 1. The summed E-state index contributed by atoms with van der Waals surface area (Å²) in [5, 5.41) is 17.3. The van der Waals surface area contributed by atoms with E-state index >= 15 is 0 Å². The second-order valence-corrected chi connectivity index (χ2v) is 7.18. The molecular formula is C21H26Cl2N4O3. The van der Waals surface area contributed by atoms with Gasteiger partial charge in [0, 0.05) is 43.3 Å². The SMILES string of the molecule is CCc1cc(C(=O)O)c(=O)[nH]c1-c1ccc2c(c1)cc(C1CNCCN1)n2C.Cl.Cl. The number of carboxylic acid groups (broad SMARTS) is 1. The third-order valence-corrected chi connectivity index (χ3v) is 5.50. The van der Waals surface area contributed by atoms with Crippen LogP contribution in [-0.4, -0.2) is 40.3 Å². The number of nitrogens with one attached hydrogen (secondary N) is 3. The van der Waals surface area contributed by atoms with Crippen LogP contribution in [0, 0.1) is 0 Å². The van der Waals surface area contributed by atoms with Crippen molar-refractivity contribution >= 4 is 41.7 Å². The third kappa shape index (κ3) is 4.25. The van der Waals surface area contributed by atoms with Crippen molar-refractivity contribution in [2.45, 2.75) is 19.4 Å². The van der Waals surface area contributed by atoms with Crippen molar-refractivity contribution in [1.29, 1.82) is 0 Å². The Labute approximate surface area is 186 Å². The Morgan fingerprint density at radius 1 is 1.20 bits per heavy atom. The van der Waals surface area contributed by atoms with Gasteiger partial charge in [-0.1, -0.05) is 13.0 Å². The zero-order chi connectivity index (χ0) is 19.8. The number of fused-ring (bicyclic) bond motifs is 1. The van der Waals surface area contributed by atoms with Gasteiger partial charge in [0.25, 0.3) is 5.56 Å². The smallest absolute Gasteiger partial charge is 0.341 e. The molecule has 0 radical (unpaired) electrons. The van der Waals surface area contributed by atoms with Gasteiger partial charge in [-0.2, -0.15) is 0 Å². The number of nitrogens with zero attached hydrogens (tertiary/aromatic N) is 1. The summed E-state index contributed by atoms with van der Waals surface area (Å²) in [4.78, 5) is 26.2. The number of aromatic carboxylic acids is 1. The molecule has 3 aromatic rings. The van der Waals surface area contributed by atoms with Gasteiger partial charge in [-0.3, -0.25) is 4.79 Å². The fourth-order valence-corrected chi connectivity index (χ4v) is 3.99. The Morgan fingerprint density at radius 2 is 1.97 bits per heavy atom. The lowest BCUT2D eigenvalue weighted by molar-refractivity contribution is 0.0695. The highest BCUT2D eigenvalue weighted by molar-refractivity contribution is 5.89. The Bertz CT molecular complexity index is 1120. The average molecular weight is 453 g/mol. The Hall–Kier alpha value is -2.32. The van der Waals surface area contributed by atoms with Crippen LogP contribution in [0.4, 0.5) is 0 Å². The van der Waals surface area contributed by atoms with Crippen LogP contribution in [0.3, 0.4) is 0 Å². The van der Waals surface area contributed by atoms with E-state index in [-0.39, 0.29) is 36.4 Å². The number of hydrogen-bond acceptors (Lipinski definition) is 4. The second kappa shape index (κ2) is 9.66. The molecule has 0 saturated carbocycles. The molecule has 1 fully saturated rings. The van der Waals surface area contributed by atoms with Crippen molar-refractivity contribution in [1.82, 2.24) is 20.2 Å². The third-order valence-electron chi connectivity index (χ3n) is 5.50. The lowest BCUT2D eigenvalue weighted by Crippen LogP contribution is -2.43. The topological polar surface area (TPSA) is 99.2 Å². The summed E-state index contributed by atoms with van der Waals surface area (Å²) in [6.45, 7) is 4.75. The number of halogens is 2. The number of aryl methyl sites for hydroxylation is 2. The Kier molecular flexibility index (Phi) is 7.71. The molecule has 0 spiro atoms. The van der Waals surface area contributed by atoms with Crippen LogP contribution in [0.5, 0.6) is 0 Å². The van der Waals surface area contributed by atoms with E-state index < -0.39 is 11.5 Å². The van der Waals surface area contributed by atoms with Crippen molar-refractivity contribution in [2.24, 2.45) is 7.05 Å². The zero-order valence-electron chi connectivity index (χ0n) is 16.8. The van der Waals surface area contributed by atoms with Crippen LogP contribution < -0.4 is 16.2 Å². The summed E-state index contributed by atoms with van der Waals surface area (Å²) in [7, 11) is 2.06. The monoisotopic (exact) mass is 452 g/mol. The molecule has 1 atom stereocenters. The molecule has 0 amide bonds. The summed E-state index contributed by atoms with van der Waals surface area (Å²) < 4.78 is 2.20. The molecule has 0 bridgehead atoms. The Morgan fingerprint density at radius 3 is 2.60 bits per heavy atom. The summed E-state index contributed by atoms with van der Waals surface area (Å²) in [6, 6.07) is 10.0. The van der Waals surface area contributed by atoms with Crippen molar-refractivity contribution < 1.29 is 9.90 Å². The van der Waals surface area contributed by atoms with Gasteiger partial charge in [0.15, 0.2) is 0 Å². The minimum atomic E-state index is -1.21. The maximum Gasteiger partial charge on any atom is 0.341 e. The standard InChI is InChI=1S/C21H24N4O3.2ClH/c1-3-12-9-15(21(27)28)20(26)24-19(12)13-4-5-17-14(8-13)10-18(25(17)2)16-11-22-6-7-23-16;;/h4-5,8-10,16,22-23H,3,6-7,11H2,1-2H3,(H,24,26)(H,27,28);2*1H. The molecule has 1 aromatic carbocycles. The quantitative estimate of drug-likeness (QED) is 0.487. The highest BCUT2D eigenvalue weighted by Gasteiger charge is 2.20. The average Bonchev–Trinajstić information content (AvgIpc) is 3.04. The van der Waals surface area contributed by atoms with E-state index in [0.717, 1.165) is 41.7 Å². The molecule has 1 aliphatic rings. The van der Waals surface area contributed by atoms with E-state index in [9.17, 15) is 14.7 Å². The molecule has 1 unspecified atom stereocenters. The van der Waals surface area contributed by atoms with Crippen molar-refractivity contribution in [3.63, 3.8) is 0 Å². The highest BCUT2D eigenvalue weighted by atomic mass is 35.5. The van der Waals surface area contributed by atoms with Crippen LogP contribution in [0.2, 0.25) is 0 Å². The van der Waals surface area contributed by atoms with Gasteiger partial charge in [-0.15, -0.1) is 24.8 Å². The first-order valence-corrected chi connectivity index (χ1v) is 9.53. The van der Waals surface area contributed by atoms with Crippen molar-refractivity contribution in [2.75, 3.05) is 19.6 Å². The number of hydrogen-bond donors (Lipinski definition) is 4. The summed E-state index contributed by atoms with van der Waals surface area (Å²) in [5.41, 5.74) is 3.90. The first-order valence-electron chi connectivity index (χ1n) is 9.53. The number of H-pyrrole nitrogens is 1. The highest BCUT2D eigenvalue weighted by Crippen LogP contribution is 2.29. The minimum Gasteiger partial charge on any atom is -0.477 e. The molecule has 1 aliphatic heterocycles. The molecular weight excluding hydrogens is 427 g/mol. The van der Waals surface area contributed by atoms with Gasteiger partial charge in [-0.25, -0.2) is 4.79 Å². The fraction of sp³-hybridized carbons (Fsp3) is 0.333.